The predicted octanol–water partition coefficient (Wildman–Crippen LogP) is 2.55. The van der Waals surface area contributed by atoms with Gasteiger partial charge in [-0.1, -0.05) is 6.07 Å². The standard InChI is InChI=1S/C18H20N2O4/c1-12-4-6-15(8-13(12)2)24-11-18(22)20-19-10-14-5-7-16(21)17(9-14)23-3/h4-10,21H,11H2,1-3H3,(H,20,22)/b19-10-. The Morgan fingerprint density at radius 1 is 1.21 bits per heavy atom. The van der Waals surface area contributed by atoms with Crippen LogP contribution in [0.4, 0.5) is 0 Å². The lowest BCUT2D eigenvalue weighted by molar-refractivity contribution is -0.123. The summed E-state index contributed by atoms with van der Waals surface area (Å²) in [7, 11) is 1.46. The lowest BCUT2D eigenvalue weighted by atomic mass is 10.1. The maximum atomic E-state index is 11.7. The van der Waals surface area contributed by atoms with Gasteiger partial charge in [0.05, 0.1) is 13.3 Å². The number of amides is 1. The van der Waals surface area contributed by atoms with E-state index in [0.717, 1.165) is 5.56 Å². The quantitative estimate of drug-likeness (QED) is 0.631. The fourth-order valence-electron chi connectivity index (χ4n) is 1.94. The molecule has 0 aliphatic heterocycles. The van der Waals surface area contributed by atoms with Crippen molar-refractivity contribution in [3.05, 3.63) is 53.1 Å². The number of carbonyl (C=O) groups is 1. The second-order valence-electron chi connectivity index (χ2n) is 5.26. The summed E-state index contributed by atoms with van der Waals surface area (Å²) in [6.07, 6.45) is 1.45. The van der Waals surface area contributed by atoms with Gasteiger partial charge in [0.2, 0.25) is 0 Å². The summed E-state index contributed by atoms with van der Waals surface area (Å²) in [6.45, 7) is 3.87. The zero-order valence-electron chi connectivity index (χ0n) is 13.9. The van der Waals surface area contributed by atoms with E-state index in [1.54, 1.807) is 12.1 Å². The van der Waals surface area contributed by atoms with Crippen LogP contribution in [0.1, 0.15) is 16.7 Å². The molecule has 0 spiro atoms. The molecule has 0 aliphatic rings. The van der Waals surface area contributed by atoms with Gasteiger partial charge in [0.25, 0.3) is 5.91 Å². The molecule has 0 atom stereocenters. The lowest BCUT2D eigenvalue weighted by Gasteiger charge is -2.07. The van der Waals surface area contributed by atoms with E-state index in [4.69, 9.17) is 9.47 Å². The summed E-state index contributed by atoms with van der Waals surface area (Å²) in [5, 5.41) is 13.4. The highest BCUT2D eigenvalue weighted by molar-refractivity contribution is 5.83. The number of hydrogen-bond acceptors (Lipinski definition) is 5. The van der Waals surface area contributed by atoms with Crippen LogP contribution < -0.4 is 14.9 Å². The third-order valence-electron chi connectivity index (χ3n) is 3.45. The number of ether oxygens (including phenoxy) is 2. The molecule has 0 radical (unpaired) electrons. The van der Waals surface area contributed by atoms with E-state index in [9.17, 15) is 9.90 Å². The van der Waals surface area contributed by atoms with Crippen molar-refractivity contribution in [2.75, 3.05) is 13.7 Å². The molecular formula is C18H20N2O4. The van der Waals surface area contributed by atoms with Gasteiger partial charge in [-0.3, -0.25) is 4.79 Å². The maximum Gasteiger partial charge on any atom is 0.277 e. The molecule has 0 aromatic heterocycles. The van der Waals surface area contributed by atoms with Crippen molar-refractivity contribution in [3.8, 4) is 17.2 Å². The van der Waals surface area contributed by atoms with Gasteiger partial charge < -0.3 is 14.6 Å². The highest BCUT2D eigenvalue weighted by atomic mass is 16.5. The van der Waals surface area contributed by atoms with Crippen molar-refractivity contribution in [1.82, 2.24) is 5.43 Å². The monoisotopic (exact) mass is 328 g/mol. The van der Waals surface area contributed by atoms with E-state index in [1.807, 2.05) is 32.0 Å². The number of nitrogens with zero attached hydrogens (tertiary/aromatic N) is 1. The van der Waals surface area contributed by atoms with E-state index >= 15 is 0 Å². The van der Waals surface area contributed by atoms with Gasteiger partial charge >= 0.3 is 0 Å². The molecule has 2 aromatic carbocycles. The van der Waals surface area contributed by atoms with Crippen LogP contribution in [0.5, 0.6) is 17.2 Å². The molecule has 2 aromatic rings. The number of nitrogens with one attached hydrogen (secondary N) is 1. The Morgan fingerprint density at radius 2 is 2.00 bits per heavy atom. The van der Waals surface area contributed by atoms with Gasteiger partial charge in [0, 0.05) is 0 Å². The highest BCUT2D eigenvalue weighted by Crippen LogP contribution is 2.25. The van der Waals surface area contributed by atoms with Crippen molar-refractivity contribution in [2.45, 2.75) is 13.8 Å². The van der Waals surface area contributed by atoms with Crippen LogP contribution in [0.3, 0.4) is 0 Å². The number of phenols is 1. The van der Waals surface area contributed by atoms with Gasteiger partial charge in [-0.15, -0.1) is 0 Å². The number of benzene rings is 2. The Hall–Kier alpha value is -3.02. The van der Waals surface area contributed by atoms with Crippen molar-refractivity contribution in [2.24, 2.45) is 5.10 Å². The second-order valence-corrected chi connectivity index (χ2v) is 5.26. The summed E-state index contributed by atoms with van der Waals surface area (Å²) in [6, 6.07) is 10.4. The number of carbonyl (C=O) groups excluding carboxylic acids is 1. The first-order valence-electron chi connectivity index (χ1n) is 7.38. The van der Waals surface area contributed by atoms with Crippen LogP contribution in [-0.4, -0.2) is 30.9 Å². The number of methoxy groups -OCH3 is 1. The number of hydrazone groups is 1. The Labute approximate surface area is 140 Å². The van der Waals surface area contributed by atoms with Gasteiger partial charge in [0.15, 0.2) is 18.1 Å². The molecular weight excluding hydrogens is 308 g/mol. The molecule has 24 heavy (non-hydrogen) atoms. The fraction of sp³-hybridized carbons (Fsp3) is 0.222. The van der Waals surface area contributed by atoms with Crippen LogP contribution in [0.15, 0.2) is 41.5 Å². The Kier molecular flexibility index (Phi) is 5.78. The van der Waals surface area contributed by atoms with Crippen LogP contribution in [0, 0.1) is 13.8 Å². The van der Waals surface area contributed by atoms with Gasteiger partial charge in [-0.05, 0) is 60.9 Å². The topological polar surface area (TPSA) is 80.2 Å². The summed E-state index contributed by atoms with van der Waals surface area (Å²) in [5.74, 6) is 0.652. The summed E-state index contributed by atoms with van der Waals surface area (Å²) in [5.41, 5.74) is 5.33. The third-order valence-corrected chi connectivity index (χ3v) is 3.45. The second kappa shape index (κ2) is 8.01. The fourth-order valence-corrected chi connectivity index (χ4v) is 1.94. The number of hydrogen-bond donors (Lipinski definition) is 2. The molecule has 0 unspecified atom stereocenters. The number of phenolic OH excluding ortho intramolecular Hbond substituents is 1. The Bertz CT molecular complexity index is 757. The minimum atomic E-state index is -0.366. The minimum absolute atomic E-state index is 0.0421. The van der Waals surface area contributed by atoms with E-state index in [1.165, 1.54) is 25.0 Å². The van der Waals surface area contributed by atoms with Crippen LogP contribution in [0.25, 0.3) is 0 Å². The average Bonchev–Trinajstić information content (AvgIpc) is 2.57. The molecule has 0 heterocycles. The first-order valence-corrected chi connectivity index (χ1v) is 7.38. The molecule has 0 saturated heterocycles. The Balaban J connectivity index is 1.85. The highest BCUT2D eigenvalue weighted by Gasteiger charge is 2.03. The lowest BCUT2D eigenvalue weighted by Crippen LogP contribution is -2.24. The zero-order valence-corrected chi connectivity index (χ0v) is 13.9. The maximum absolute atomic E-state index is 11.7. The molecule has 0 bridgehead atoms. The van der Waals surface area contributed by atoms with E-state index in [-0.39, 0.29) is 18.3 Å². The molecule has 0 fully saturated rings. The molecule has 126 valence electrons. The SMILES string of the molecule is COc1cc(/C=N\NC(=O)COc2ccc(C)c(C)c2)ccc1O. The smallest absolute Gasteiger partial charge is 0.277 e. The number of aryl methyl sites for hydroxylation is 2. The van der Waals surface area contributed by atoms with Crippen molar-refractivity contribution in [1.29, 1.82) is 0 Å². The van der Waals surface area contributed by atoms with Crippen LogP contribution in [-0.2, 0) is 4.79 Å². The third kappa shape index (κ3) is 4.74. The van der Waals surface area contributed by atoms with Crippen molar-refractivity contribution < 1.29 is 19.4 Å². The largest absolute Gasteiger partial charge is 0.504 e. The molecule has 2 rings (SSSR count). The normalized spacial score (nSPS) is 10.6. The van der Waals surface area contributed by atoms with Crippen molar-refractivity contribution >= 4 is 12.1 Å². The molecule has 6 heteroatoms. The summed E-state index contributed by atoms with van der Waals surface area (Å²) < 4.78 is 10.4. The van der Waals surface area contributed by atoms with E-state index in [0.29, 0.717) is 17.1 Å². The molecule has 1 amide bonds. The van der Waals surface area contributed by atoms with Crippen molar-refractivity contribution in [3.63, 3.8) is 0 Å². The molecule has 0 saturated carbocycles. The first kappa shape index (κ1) is 17.3. The molecule has 6 nitrogen and oxygen atoms in total. The first-order chi connectivity index (χ1) is 11.5. The average molecular weight is 328 g/mol. The number of rotatable bonds is 6. The zero-order chi connectivity index (χ0) is 17.5. The van der Waals surface area contributed by atoms with E-state index < -0.39 is 0 Å². The molecule has 0 aliphatic carbocycles. The van der Waals surface area contributed by atoms with Gasteiger partial charge in [-0.25, -0.2) is 5.43 Å². The summed E-state index contributed by atoms with van der Waals surface area (Å²) >= 11 is 0. The van der Waals surface area contributed by atoms with Gasteiger partial charge in [0.1, 0.15) is 5.75 Å². The number of aromatic hydroxyl groups is 1. The van der Waals surface area contributed by atoms with E-state index in [2.05, 4.69) is 10.5 Å². The Morgan fingerprint density at radius 3 is 2.71 bits per heavy atom. The predicted molar refractivity (Wildman–Crippen MR) is 91.8 cm³/mol. The van der Waals surface area contributed by atoms with Gasteiger partial charge in [-0.2, -0.15) is 5.10 Å². The van der Waals surface area contributed by atoms with Crippen LogP contribution >= 0.6 is 0 Å². The molecule has 2 N–H and O–H groups in total. The minimum Gasteiger partial charge on any atom is -0.504 e. The van der Waals surface area contributed by atoms with Crippen LogP contribution in [0.2, 0.25) is 0 Å². The summed E-state index contributed by atoms with van der Waals surface area (Å²) in [4.78, 5) is 11.7.